The van der Waals surface area contributed by atoms with Crippen LogP contribution in [0.1, 0.15) is 36.0 Å². The highest BCUT2D eigenvalue weighted by molar-refractivity contribution is 7.18. The lowest BCUT2D eigenvalue weighted by atomic mass is 9.94. The van der Waals surface area contributed by atoms with Gasteiger partial charge < -0.3 is 14.6 Å². The second kappa shape index (κ2) is 7.62. The Bertz CT molecular complexity index is 1020. The van der Waals surface area contributed by atoms with Crippen molar-refractivity contribution in [2.45, 2.75) is 37.0 Å². The maximum atomic E-state index is 13.9. The maximum Gasteiger partial charge on any atom is 0.424 e. The number of benzene rings is 1. The number of aromatic nitrogens is 4. The molecule has 1 aliphatic heterocycles. The standard InChI is InChI=1S/C19H20F3N5O2S/c1-26-11-23-25-16(26)12-6-8-27(9-7-12)15(28)10-18(29,19(20,21)22)17-24-13-4-2-3-5-14(13)30-17/h2-5,11-12,29H,6-10H2,1H3. The second-order valence-corrected chi connectivity index (χ2v) is 8.51. The van der Waals surface area contributed by atoms with Crippen LogP contribution in [0.5, 0.6) is 0 Å². The van der Waals surface area contributed by atoms with Crippen molar-refractivity contribution in [3.05, 3.63) is 41.4 Å². The molecule has 7 nitrogen and oxygen atoms in total. The van der Waals surface area contributed by atoms with E-state index < -0.39 is 29.1 Å². The summed E-state index contributed by atoms with van der Waals surface area (Å²) in [6.07, 6.45) is -3.39. The lowest BCUT2D eigenvalue weighted by molar-refractivity contribution is -0.268. The van der Waals surface area contributed by atoms with Crippen LogP contribution in [0.15, 0.2) is 30.6 Å². The van der Waals surface area contributed by atoms with Crippen molar-refractivity contribution in [2.24, 2.45) is 7.05 Å². The summed E-state index contributed by atoms with van der Waals surface area (Å²) < 4.78 is 43.9. The van der Waals surface area contributed by atoms with Gasteiger partial charge in [-0.2, -0.15) is 13.2 Å². The number of aliphatic hydroxyl groups is 1. The summed E-state index contributed by atoms with van der Waals surface area (Å²) >= 11 is 0.750. The molecule has 0 bridgehead atoms. The molecule has 0 aliphatic carbocycles. The Labute approximate surface area is 174 Å². The Balaban J connectivity index is 1.51. The molecular formula is C19H20F3N5O2S. The first kappa shape index (κ1) is 20.7. The minimum atomic E-state index is -5.03. The topological polar surface area (TPSA) is 84.1 Å². The van der Waals surface area contributed by atoms with Crippen LogP contribution in [0.4, 0.5) is 13.2 Å². The van der Waals surface area contributed by atoms with Gasteiger partial charge in [-0.1, -0.05) is 12.1 Å². The van der Waals surface area contributed by atoms with Crippen molar-refractivity contribution in [2.75, 3.05) is 13.1 Å². The first-order valence-corrected chi connectivity index (χ1v) is 10.3. The number of fused-ring (bicyclic) bond motifs is 1. The van der Waals surface area contributed by atoms with Gasteiger partial charge in [-0.05, 0) is 25.0 Å². The van der Waals surface area contributed by atoms with E-state index in [1.807, 2.05) is 7.05 Å². The summed E-state index contributed by atoms with van der Waals surface area (Å²) in [5.41, 5.74) is -2.97. The van der Waals surface area contributed by atoms with Crippen molar-refractivity contribution >= 4 is 27.5 Å². The average molecular weight is 439 g/mol. The van der Waals surface area contributed by atoms with Crippen LogP contribution < -0.4 is 0 Å². The number of piperidine rings is 1. The zero-order valence-electron chi connectivity index (χ0n) is 16.1. The minimum absolute atomic E-state index is 0.0901. The normalized spacial score (nSPS) is 18.0. The molecule has 2 aromatic heterocycles. The van der Waals surface area contributed by atoms with Gasteiger partial charge in [0.2, 0.25) is 11.5 Å². The molecule has 4 rings (SSSR count). The third-order valence-corrected chi connectivity index (χ3v) is 6.67. The smallest absolute Gasteiger partial charge is 0.374 e. The van der Waals surface area contributed by atoms with E-state index >= 15 is 0 Å². The van der Waals surface area contributed by atoms with Gasteiger partial charge in [-0.15, -0.1) is 21.5 Å². The molecule has 1 unspecified atom stereocenters. The highest BCUT2D eigenvalue weighted by Crippen LogP contribution is 2.44. The molecule has 11 heteroatoms. The van der Waals surface area contributed by atoms with Crippen LogP contribution in [-0.4, -0.2) is 54.9 Å². The second-order valence-electron chi connectivity index (χ2n) is 7.48. The predicted octanol–water partition coefficient (Wildman–Crippen LogP) is 2.97. The Kier molecular flexibility index (Phi) is 5.27. The average Bonchev–Trinajstić information content (AvgIpc) is 3.33. The van der Waals surface area contributed by atoms with Crippen molar-refractivity contribution in [3.8, 4) is 0 Å². The predicted molar refractivity (Wildman–Crippen MR) is 104 cm³/mol. The van der Waals surface area contributed by atoms with Gasteiger partial charge in [0, 0.05) is 26.1 Å². The van der Waals surface area contributed by atoms with Crippen LogP contribution in [0.2, 0.25) is 0 Å². The third-order valence-electron chi connectivity index (χ3n) is 5.48. The van der Waals surface area contributed by atoms with E-state index in [0.29, 0.717) is 36.1 Å². The molecule has 160 valence electrons. The molecule has 3 heterocycles. The van der Waals surface area contributed by atoms with Crippen LogP contribution in [0.3, 0.4) is 0 Å². The molecule has 1 fully saturated rings. The number of rotatable bonds is 4. The highest BCUT2D eigenvalue weighted by Gasteiger charge is 2.58. The number of hydrogen-bond donors (Lipinski definition) is 1. The van der Waals surface area contributed by atoms with Gasteiger partial charge in [0.15, 0.2) is 0 Å². The van der Waals surface area contributed by atoms with E-state index in [9.17, 15) is 23.1 Å². The lowest BCUT2D eigenvalue weighted by Crippen LogP contribution is -2.48. The molecule has 1 N–H and O–H groups in total. The molecule has 1 amide bonds. The lowest BCUT2D eigenvalue weighted by Gasteiger charge is -2.34. The Hall–Kier alpha value is -2.53. The van der Waals surface area contributed by atoms with Crippen LogP contribution in [0.25, 0.3) is 10.2 Å². The zero-order chi connectivity index (χ0) is 21.5. The largest absolute Gasteiger partial charge is 0.424 e. The van der Waals surface area contributed by atoms with E-state index in [4.69, 9.17) is 0 Å². The van der Waals surface area contributed by atoms with E-state index in [-0.39, 0.29) is 5.92 Å². The maximum absolute atomic E-state index is 13.9. The molecular weight excluding hydrogens is 419 g/mol. The molecule has 0 saturated carbocycles. The van der Waals surface area contributed by atoms with Crippen LogP contribution in [0, 0.1) is 0 Å². The fourth-order valence-corrected chi connectivity index (χ4v) is 4.80. The summed E-state index contributed by atoms with van der Waals surface area (Å²) in [4.78, 5) is 18.1. The van der Waals surface area contributed by atoms with Crippen molar-refractivity contribution in [3.63, 3.8) is 0 Å². The number of halogens is 3. The number of alkyl halides is 3. The van der Waals surface area contributed by atoms with E-state index in [0.717, 1.165) is 17.2 Å². The quantitative estimate of drug-likeness (QED) is 0.676. The van der Waals surface area contributed by atoms with Crippen molar-refractivity contribution < 1.29 is 23.1 Å². The number of para-hydroxylation sites is 1. The minimum Gasteiger partial charge on any atom is -0.374 e. The fourth-order valence-electron chi connectivity index (χ4n) is 3.73. The van der Waals surface area contributed by atoms with E-state index in [1.54, 1.807) is 35.2 Å². The van der Waals surface area contributed by atoms with Gasteiger partial charge in [-0.3, -0.25) is 4.79 Å². The zero-order valence-corrected chi connectivity index (χ0v) is 16.9. The Morgan fingerprint density at radius 1 is 1.27 bits per heavy atom. The van der Waals surface area contributed by atoms with Gasteiger partial charge in [0.25, 0.3) is 0 Å². The Morgan fingerprint density at radius 3 is 2.57 bits per heavy atom. The van der Waals surface area contributed by atoms with Gasteiger partial charge in [0.05, 0.1) is 16.6 Å². The number of hydrogen-bond acceptors (Lipinski definition) is 6. The van der Waals surface area contributed by atoms with Crippen LogP contribution >= 0.6 is 11.3 Å². The number of aryl methyl sites for hydroxylation is 1. The molecule has 1 aromatic carbocycles. The van der Waals surface area contributed by atoms with Gasteiger partial charge in [0.1, 0.15) is 17.2 Å². The number of likely N-dealkylation sites (tertiary alicyclic amines) is 1. The number of amides is 1. The van der Waals surface area contributed by atoms with Crippen LogP contribution in [-0.2, 0) is 17.4 Å². The van der Waals surface area contributed by atoms with E-state index in [2.05, 4.69) is 15.2 Å². The first-order chi connectivity index (χ1) is 14.2. The SMILES string of the molecule is Cn1cnnc1C1CCN(C(=O)CC(O)(c2nc3ccccc3s2)C(F)(F)F)CC1. The van der Waals surface area contributed by atoms with Crippen molar-refractivity contribution in [1.29, 1.82) is 0 Å². The van der Waals surface area contributed by atoms with Crippen molar-refractivity contribution in [1.82, 2.24) is 24.6 Å². The number of nitrogens with zero attached hydrogens (tertiary/aromatic N) is 5. The summed E-state index contributed by atoms with van der Waals surface area (Å²) in [7, 11) is 1.83. The summed E-state index contributed by atoms with van der Waals surface area (Å²) in [6, 6.07) is 6.55. The Morgan fingerprint density at radius 2 is 1.97 bits per heavy atom. The summed E-state index contributed by atoms with van der Waals surface area (Å²) in [5.74, 6) is 0.140. The molecule has 1 aliphatic rings. The monoisotopic (exact) mass is 439 g/mol. The fraction of sp³-hybridized carbons (Fsp3) is 0.474. The highest BCUT2D eigenvalue weighted by atomic mass is 32.1. The van der Waals surface area contributed by atoms with Gasteiger partial charge in [-0.25, -0.2) is 4.98 Å². The number of carbonyl (C=O) groups is 1. The third kappa shape index (κ3) is 3.67. The molecule has 3 aromatic rings. The summed E-state index contributed by atoms with van der Waals surface area (Å²) in [6.45, 7) is 0.592. The molecule has 1 atom stereocenters. The molecule has 1 saturated heterocycles. The molecule has 0 spiro atoms. The van der Waals surface area contributed by atoms with E-state index in [1.165, 1.54) is 4.90 Å². The van der Waals surface area contributed by atoms with Gasteiger partial charge >= 0.3 is 6.18 Å². The first-order valence-electron chi connectivity index (χ1n) is 9.46. The number of thiazole rings is 1. The molecule has 30 heavy (non-hydrogen) atoms. The number of carbonyl (C=O) groups excluding carboxylic acids is 1. The molecule has 0 radical (unpaired) electrons. The summed E-state index contributed by atoms with van der Waals surface area (Å²) in [5, 5.41) is 18.0.